The first-order valence-electron chi connectivity index (χ1n) is 6.45. The third-order valence-electron chi connectivity index (χ3n) is 3.69. The molecule has 2 saturated carbocycles. The number of carbonyl (C=O) groups is 1. The van der Waals surface area contributed by atoms with Crippen LogP contribution in [0.3, 0.4) is 0 Å². The van der Waals surface area contributed by atoms with Gasteiger partial charge in [-0.1, -0.05) is 11.6 Å². The Hall–Kier alpha value is -1.16. The second-order valence-electron chi connectivity index (χ2n) is 5.29. The van der Waals surface area contributed by atoms with Crippen molar-refractivity contribution in [3.8, 4) is 0 Å². The number of aryl methyl sites for hydroxylation is 1. The zero-order chi connectivity index (χ0) is 12.7. The molecule has 96 valence electrons. The normalized spacial score (nSPS) is 19.1. The van der Waals surface area contributed by atoms with Gasteiger partial charge in [0.15, 0.2) is 6.29 Å². The molecule has 0 amide bonds. The maximum atomic E-state index is 11.1. The molecule has 0 bridgehead atoms. The van der Waals surface area contributed by atoms with Crippen molar-refractivity contribution in [2.45, 2.75) is 38.6 Å². The van der Waals surface area contributed by atoms with E-state index in [9.17, 15) is 4.79 Å². The van der Waals surface area contributed by atoms with Gasteiger partial charge in [-0.3, -0.25) is 4.79 Å². The fourth-order valence-electron chi connectivity index (χ4n) is 2.45. The number of halogens is 1. The van der Waals surface area contributed by atoms with Crippen LogP contribution in [0.5, 0.6) is 0 Å². The van der Waals surface area contributed by atoms with Gasteiger partial charge in [-0.25, -0.2) is 9.97 Å². The Balaban J connectivity index is 1.88. The SMILES string of the molecule is Cc1nc(Cl)c(C=O)c(NC(C2CC2)C2CC2)n1. The van der Waals surface area contributed by atoms with E-state index in [1.54, 1.807) is 6.92 Å². The third-order valence-corrected chi connectivity index (χ3v) is 3.98. The molecule has 1 heterocycles. The summed E-state index contributed by atoms with van der Waals surface area (Å²) in [6, 6.07) is 0.453. The highest BCUT2D eigenvalue weighted by molar-refractivity contribution is 6.32. The Morgan fingerprint density at radius 1 is 1.28 bits per heavy atom. The summed E-state index contributed by atoms with van der Waals surface area (Å²) in [6.07, 6.45) is 5.86. The van der Waals surface area contributed by atoms with Gasteiger partial charge in [0.05, 0.1) is 5.56 Å². The summed E-state index contributed by atoms with van der Waals surface area (Å²) < 4.78 is 0. The minimum Gasteiger partial charge on any atom is -0.366 e. The van der Waals surface area contributed by atoms with Crippen molar-refractivity contribution in [3.63, 3.8) is 0 Å². The van der Waals surface area contributed by atoms with Crippen LogP contribution in [0.2, 0.25) is 5.15 Å². The second kappa shape index (κ2) is 4.50. The minimum atomic E-state index is 0.241. The van der Waals surface area contributed by atoms with Crippen molar-refractivity contribution in [1.29, 1.82) is 0 Å². The van der Waals surface area contributed by atoms with E-state index in [2.05, 4.69) is 15.3 Å². The lowest BCUT2D eigenvalue weighted by Gasteiger charge is -2.19. The Labute approximate surface area is 111 Å². The molecular weight excluding hydrogens is 250 g/mol. The zero-order valence-corrected chi connectivity index (χ0v) is 11.1. The summed E-state index contributed by atoms with van der Waals surface area (Å²) >= 11 is 5.99. The molecule has 4 nitrogen and oxygen atoms in total. The molecule has 0 spiro atoms. The largest absolute Gasteiger partial charge is 0.366 e. The van der Waals surface area contributed by atoms with E-state index in [0.717, 1.165) is 18.1 Å². The minimum absolute atomic E-state index is 0.241. The molecule has 0 atom stereocenters. The first-order valence-corrected chi connectivity index (χ1v) is 6.82. The van der Waals surface area contributed by atoms with Crippen LogP contribution in [0.25, 0.3) is 0 Å². The van der Waals surface area contributed by atoms with Crippen LogP contribution in [-0.2, 0) is 0 Å². The van der Waals surface area contributed by atoms with Crippen LogP contribution in [-0.4, -0.2) is 22.3 Å². The zero-order valence-electron chi connectivity index (χ0n) is 10.3. The number of hydrogen-bond donors (Lipinski definition) is 1. The van der Waals surface area contributed by atoms with E-state index < -0.39 is 0 Å². The molecule has 2 fully saturated rings. The van der Waals surface area contributed by atoms with Gasteiger partial charge in [0.2, 0.25) is 0 Å². The van der Waals surface area contributed by atoms with Crippen molar-refractivity contribution < 1.29 is 4.79 Å². The molecule has 1 aromatic rings. The molecule has 1 aromatic heterocycles. The molecule has 0 radical (unpaired) electrons. The van der Waals surface area contributed by atoms with E-state index >= 15 is 0 Å². The highest BCUT2D eigenvalue weighted by Crippen LogP contribution is 2.46. The van der Waals surface area contributed by atoms with Crippen LogP contribution in [0.4, 0.5) is 5.82 Å². The monoisotopic (exact) mass is 265 g/mol. The highest BCUT2D eigenvalue weighted by Gasteiger charge is 2.41. The van der Waals surface area contributed by atoms with Gasteiger partial charge in [0.1, 0.15) is 16.8 Å². The van der Waals surface area contributed by atoms with Crippen LogP contribution >= 0.6 is 11.6 Å². The number of aldehydes is 1. The van der Waals surface area contributed by atoms with E-state index in [0.29, 0.717) is 23.2 Å². The van der Waals surface area contributed by atoms with Gasteiger partial charge in [0.25, 0.3) is 0 Å². The predicted octanol–water partition coefficient (Wildman–Crippen LogP) is 2.85. The standard InChI is InChI=1S/C13H16ClN3O/c1-7-15-12(14)10(6-18)13(16-7)17-11(8-2-3-8)9-4-5-9/h6,8-9,11H,2-5H2,1H3,(H,15,16,17). The Bertz CT molecular complexity index is 471. The highest BCUT2D eigenvalue weighted by atomic mass is 35.5. The maximum absolute atomic E-state index is 11.1. The number of aromatic nitrogens is 2. The topological polar surface area (TPSA) is 54.9 Å². The molecule has 0 aromatic carbocycles. The molecule has 0 unspecified atom stereocenters. The summed E-state index contributed by atoms with van der Waals surface area (Å²) in [6.45, 7) is 1.79. The number of hydrogen-bond acceptors (Lipinski definition) is 4. The quantitative estimate of drug-likeness (QED) is 0.657. The predicted molar refractivity (Wildman–Crippen MR) is 70.0 cm³/mol. The van der Waals surface area contributed by atoms with Gasteiger partial charge < -0.3 is 5.32 Å². The fraction of sp³-hybridized carbons (Fsp3) is 0.615. The number of nitrogens with one attached hydrogen (secondary N) is 1. The van der Waals surface area contributed by atoms with E-state index in [-0.39, 0.29) is 5.15 Å². The Kier molecular flexibility index (Phi) is 2.98. The number of carbonyl (C=O) groups excluding carboxylic acids is 1. The van der Waals surface area contributed by atoms with E-state index in [1.807, 2.05) is 0 Å². The van der Waals surface area contributed by atoms with Crippen LogP contribution < -0.4 is 5.32 Å². The lowest BCUT2D eigenvalue weighted by atomic mass is 10.1. The first kappa shape index (κ1) is 11.9. The van der Waals surface area contributed by atoms with Gasteiger partial charge >= 0.3 is 0 Å². The van der Waals surface area contributed by atoms with Gasteiger partial charge in [-0.2, -0.15) is 0 Å². The van der Waals surface area contributed by atoms with Gasteiger partial charge in [0, 0.05) is 6.04 Å². The number of nitrogens with zero attached hydrogens (tertiary/aromatic N) is 2. The summed E-state index contributed by atoms with van der Waals surface area (Å²) in [5, 5.41) is 3.68. The molecule has 2 aliphatic carbocycles. The summed E-state index contributed by atoms with van der Waals surface area (Å²) in [7, 11) is 0. The van der Waals surface area contributed by atoms with Crippen molar-refractivity contribution in [2.75, 3.05) is 5.32 Å². The smallest absolute Gasteiger partial charge is 0.156 e. The molecular formula is C13H16ClN3O. The molecule has 0 saturated heterocycles. The summed E-state index contributed by atoms with van der Waals surface area (Å²) in [5.74, 6) is 2.68. The van der Waals surface area contributed by atoms with Crippen molar-refractivity contribution in [1.82, 2.24) is 9.97 Å². The lowest BCUT2D eigenvalue weighted by molar-refractivity contribution is 0.112. The number of anilines is 1. The van der Waals surface area contributed by atoms with Crippen molar-refractivity contribution in [3.05, 3.63) is 16.5 Å². The van der Waals surface area contributed by atoms with E-state index in [4.69, 9.17) is 11.6 Å². The average molecular weight is 266 g/mol. The van der Waals surface area contributed by atoms with Crippen LogP contribution in [0.15, 0.2) is 0 Å². The molecule has 18 heavy (non-hydrogen) atoms. The third kappa shape index (κ3) is 2.34. The van der Waals surface area contributed by atoms with Crippen molar-refractivity contribution in [2.24, 2.45) is 11.8 Å². The van der Waals surface area contributed by atoms with E-state index in [1.165, 1.54) is 25.7 Å². The second-order valence-corrected chi connectivity index (χ2v) is 5.64. The molecule has 2 aliphatic rings. The Morgan fingerprint density at radius 3 is 2.39 bits per heavy atom. The summed E-state index contributed by atoms with van der Waals surface area (Å²) in [5.41, 5.74) is 0.383. The average Bonchev–Trinajstić information content (AvgIpc) is 3.17. The van der Waals surface area contributed by atoms with Crippen LogP contribution in [0, 0.1) is 18.8 Å². The molecule has 0 aliphatic heterocycles. The first-order chi connectivity index (χ1) is 8.69. The molecule has 3 rings (SSSR count). The number of rotatable bonds is 5. The fourth-order valence-corrected chi connectivity index (χ4v) is 2.71. The van der Waals surface area contributed by atoms with Gasteiger partial charge in [-0.05, 0) is 44.4 Å². The molecule has 1 N–H and O–H groups in total. The van der Waals surface area contributed by atoms with Crippen LogP contribution in [0.1, 0.15) is 41.9 Å². The van der Waals surface area contributed by atoms with Gasteiger partial charge in [-0.15, -0.1) is 0 Å². The lowest BCUT2D eigenvalue weighted by Crippen LogP contribution is -2.26. The van der Waals surface area contributed by atoms with Crippen molar-refractivity contribution >= 4 is 23.7 Å². The molecule has 5 heteroatoms. The maximum Gasteiger partial charge on any atom is 0.156 e. The Morgan fingerprint density at radius 2 is 1.89 bits per heavy atom. The summed E-state index contributed by atoms with van der Waals surface area (Å²) in [4.78, 5) is 19.5.